The second-order valence-electron chi connectivity index (χ2n) is 4.85. The van der Waals surface area contributed by atoms with Crippen LogP contribution < -0.4 is 0 Å². The number of carbonyl (C=O) groups is 1. The maximum absolute atomic E-state index is 11.4. The molecule has 0 saturated carbocycles. The maximum Gasteiger partial charge on any atom is 0.303 e. The largest absolute Gasteiger partial charge is 0.481 e. The molecule has 0 aliphatic carbocycles. The molecule has 1 aliphatic rings. The third kappa shape index (κ3) is 4.02. The van der Waals surface area contributed by atoms with Crippen molar-refractivity contribution in [1.29, 1.82) is 0 Å². The van der Waals surface area contributed by atoms with E-state index in [-0.39, 0.29) is 24.0 Å². The lowest BCUT2D eigenvalue weighted by atomic mass is 10.1. The second-order valence-corrected chi connectivity index (χ2v) is 7.08. The van der Waals surface area contributed by atoms with Gasteiger partial charge in [-0.25, -0.2) is 13.1 Å². The normalized spacial score (nSPS) is 21.6. The smallest absolute Gasteiger partial charge is 0.303 e. The lowest BCUT2D eigenvalue weighted by molar-refractivity contribution is -0.137. The van der Waals surface area contributed by atoms with Crippen molar-refractivity contribution in [1.82, 2.24) is 15.0 Å². The third-order valence-electron chi connectivity index (χ3n) is 3.21. The van der Waals surface area contributed by atoms with Gasteiger partial charge in [0, 0.05) is 12.6 Å². The molecule has 0 spiro atoms. The Kier molecular flexibility index (Phi) is 4.18. The van der Waals surface area contributed by atoms with Crippen LogP contribution in [0.1, 0.15) is 37.4 Å². The molecule has 1 aromatic rings. The summed E-state index contributed by atoms with van der Waals surface area (Å²) < 4.78 is 24.4. The van der Waals surface area contributed by atoms with E-state index in [2.05, 4.69) is 10.3 Å². The summed E-state index contributed by atoms with van der Waals surface area (Å²) in [5.41, 5.74) is 0.787. The Labute approximate surface area is 111 Å². The quantitative estimate of drug-likeness (QED) is 0.761. The zero-order valence-electron chi connectivity index (χ0n) is 10.5. The topological polar surface area (TPSA) is 102 Å². The molecule has 106 valence electrons. The summed E-state index contributed by atoms with van der Waals surface area (Å²) in [4.78, 5) is 10.4. The minimum atomic E-state index is -2.92. The molecule has 0 aromatic carbocycles. The lowest BCUT2D eigenvalue weighted by Crippen LogP contribution is -2.11. The molecule has 1 atom stereocenters. The molecule has 2 heterocycles. The Morgan fingerprint density at radius 2 is 2.26 bits per heavy atom. The molecule has 0 amide bonds. The number of carboxylic acid groups (broad SMARTS) is 1. The Hall–Kier alpha value is -1.44. The Morgan fingerprint density at radius 1 is 1.47 bits per heavy atom. The molecule has 8 heteroatoms. The van der Waals surface area contributed by atoms with Crippen molar-refractivity contribution in [2.75, 3.05) is 11.5 Å². The van der Waals surface area contributed by atoms with Crippen LogP contribution >= 0.6 is 0 Å². The van der Waals surface area contributed by atoms with Gasteiger partial charge in [-0.2, -0.15) is 0 Å². The number of hydrogen-bond acceptors (Lipinski definition) is 5. The van der Waals surface area contributed by atoms with Crippen LogP contribution in [0.2, 0.25) is 0 Å². The molecular formula is C11H17N3O4S. The number of aryl methyl sites for hydroxylation is 1. The van der Waals surface area contributed by atoms with E-state index in [0.29, 0.717) is 19.3 Å². The van der Waals surface area contributed by atoms with Crippen molar-refractivity contribution >= 4 is 15.8 Å². The molecule has 1 fully saturated rings. The van der Waals surface area contributed by atoms with Crippen molar-refractivity contribution in [2.24, 2.45) is 0 Å². The highest BCUT2D eigenvalue weighted by molar-refractivity contribution is 7.91. The molecule has 19 heavy (non-hydrogen) atoms. The van der Waals surface area contributed by atoms with Gasteiger partial charge in [0.2, 0.25) is 0 Å². The molecule has 2 rings (SSSR count). The zero-order valence-corrected chi connectivity index (χ0v) is 11.3. The van der Waals surface area contributed by atoms with E-state index >= 15 is 0 Å². The van der Waals surface area contributed by atoms with Gasteiger partial charge >= 0.3 is 5.97 Å². The van der Waals surface area contributed by atoms with Crippen molar-refractivity contribution in [2.45, 2.75) is 38.1 Å². The van der Waals surface area contributed by atoms with Gasteiger partial charge in [0.05, 0.1) is 23.2 Å². The minimum Gasteiger partial charge on any atom is -0.481 e. The molecule has 1 aromatic heterocycles. The molecule has 0 bridgehead atoms. The Morgan fingerprint density at radius 3 is 2.89 bits per heavy atom. The first kappa shape index (κ1) is 14.0. The third-order valence-corrected chi connectivity index (χ3v) is 4.96. The van der Waals surface area contributed by atoms with E-state index in [0.717, 1.165) is 12.1 Å². The fraction of sp³-hybridized carbons (Fsp3) is 0.727. The van der Waals surface area contributed by atoms with Crippen LogP contribution in [0.3, 0.4) is 0 Å². The Bertz CT molecular complexity index is 552. The maximum atomic E-state index is 11.4. The summed E-state index contributed by atoms with van der Waals surface area (Å²) in [6.45, 7) is 0. The van der Waals surface area contributed by atoms with Gasteiger partial charge in [-0.3, -0.25) is 4.79 Å². The number of rotatable bonds is 6. The average molecular weight is 287 g/mol. The predicted molar refractivity (Wildman–Crippen MR) is 67.5 cm³/mol. The van der Waals surface area contributed by atoms with Crippen LogP contribution in [-0.2, 0) is 21.1 Å². The predicted octanol–water partition coefficient (Wildman–Crippen LogP) is 0.435. The molecule has 0 radical (unpaired) electrons. The van der Waals surface area contributed by atoms with E-state index in [1.165, 1.54) is 0 Å². The van der Waals surface area contributed by atoms with Crippen molar-refractivity contribution in [3.8, 4) is 0 Å². The number of nitrogens with zero attached hydrogens (tertiary/aromatic N) is 3. The summed E-state index contributed by atoms with van der Waals surface area (Å²) in [6, 6.07) is -0.106. The second kappa shape index (κ2) is 5.68. The summed E-state index contributed by atoms with van der Waals surface area (Å²) >= 11 is 0. The van der Waals surface area contributed by atoms with Gasteiger partial charge in [-0.15, -0.1) is 5.10 Å². The number of hydrogen-bond donors (Lipinski definition) is 1. The highest BCUT2D eigenvalue weighted by atomic mass is 32.2. The summed E-state index contributed by atoms with van der Waals surface area (Å²) in [6.07, 6.45) is 4.55. The van der Waals surface area contributed by atoms with Gasteiger partial charge < -0.3 is 5.11 Å². The molecule has 1 unspecified atom stereocenters. The highest BCUT2D eigenvalue weighted by Crippen LogP contribution is 2.22. The number of aromatic nitrogens is 3. The van der Waals surface area contributed by atoms with Crippen LogP contribution in [0.15, 0.2) is 6.20 Å². The fourth-order valence-corrected chi connectivity index (χ4v) is 3.88. The van der Waals surface area contributed by atoms with E-state index < -0.39 is 15.8 Å². The van der Waals surface area contributed by atoms with E-state index in [9.17, 15) is 13.2 Å². The minimum absolute atomic E-state index is 0.106. The lowest BCUT2D eigenvalue weighted by Gasteiger charge is -2.05. The summed E-state index contributed by atoms with van der Waals surface area (Å²) in [7, 11) is -2.92. The first-order valence-electron chi connectivity index (χ1n) is 6.29. The number of sulfone groups is 1. The van der Waals surface area contributed by atoms with Gasteiger partial charge in [0.1, 0.15) is 0 Å². The van der Waals surface area contributed by atoms with Crippen molar-refractivity contribution < 1.29 is 18.3 Å². The van der Waals surface area contributed by atoms with Gasteiger partial charge in [0.25, 0.3) is 0 Å². The van der Waals surface area contributed by atoms with Crippen LogP contribution in [0.25, 0.3) is 0 Å². The standard InChI is InChI=1S/C11H17N3O4S/c15-11(16)4-2-1-3-9-7-14(13-12-9)10-5-6-19(17,18)8-10/h7,10H,1-6,8H2,(H,15,16). The zero-order chi connectivity index (χ0) is 13.9. The number of carboxylic acids is 1. The van der Waals surface area contributed by atoms with Crippen molar-refractivity contribution in [3.63, 3.8) is 0 Å². The monoisotopic (exact) mass is 287 g/mol. The number of aliphatic carboxylic acids is 1. The van der Waals surface area contributed by atoms with Gasteiger partial charge in [-0.05, 0) is 25.7 Å². The molecule has 1 N–H and O–H groups in total. The van der Waals surface area contributed by atoms with E-state index in [1.807, 2.05) is 0 Å². The SMILES string of the molecule is O=C(O)CCCCc1cn(C2CCS(=O)(=O)C2)nn1. The van der Waals surface area contributed by atoms with Crippen LogP contribution in [-0.4, -0.2) is 46.0 Å². The molecular weight excluding hydrogens is 270 g/mol. The van der Waals surface area contributed by atoms with E-state index in [4.69, 9.17) is 5.11 Å². The highest BCUT2D eigenvalue weighted by Gasteiger charge is 2.29. The van der Waals surface area contributed by atoms with Gasteiger partial charge in [-0.1, -0.05) is 5.21 Å². The number of unbranched alkanes of at least 4 members (excludes halogenated alkanes) is 1. The Balaban J connectivity index is 1.84. The van der Waals surface area contributed by atoms with Crippen LogP contribution in [0.4, 0.5) is 0 Å². The summed E-state index contributed by atoms with van der Waals surface area (Å²) in [5.74, 6) is -0.444. The molecule has 1 saturated heterocycles. The van der Waals surface area contributed by atoms with E-state index in [1.54, 1.807) is 10.9 Å². The first-order valence-corrected chi connectivity index (χ1v) is 8.11. The van der Waals surface area contributed by atoms with Crippen LogP contribution in [0, 0.1) is 0 Å². The first-order chi connectivity index (χ1) is 8.96. The van der Waals surface area contributed by atoms with Crippen LogP contribution in [0.5, 0.6) is 0 Å². The van der Waals surface area contributed by atoms with Crippen molar-refractivity contribution in [3.05, 3.63) is 11.9 Å². The average Bonchev–Trinajstić information content (AvgIpc) is 2.90. The molecule has 1 aliphatic heterocycles. The fourth-order valence-electron chi connectivity index (χ4n) is 2.17. The summed E-state index contributed by atoms with van der Waals surface area (Å²) in [5, 5.41) is 16.5. The molecule has 7 nitrogen and oxygen atoms in total. The van der Waals surface area contributed by atoms with Gasteiger partial charge in [0.15, 0.2) is 9.84 Å².